The molecule has 1 saturated carbocycles. The summed E-state index contributed by atoms with van der Waals surface area (Å²) < 4.78 is 0. The fourth-order valence-electron chi connectivity index (χ4n) is 1.37. The molecule has 2 nitrogen and oxygen atoms in total. The van der Waals surface area contributed by atoms with E-state index in [-0.39, 0.29) is 0 Å². The van der Waals surface area contributed by atoms with E-state index >= 15 is 0 Å². The highest BCUT2D eigenvalue weighted by Gasteiger charge is 2.34. The standard InChI is InChI=1S/C8H12NO/c10-8(7-3-4-7)9-5-1-2-6-9/h1,7H,2-6H2. The van der Waals surface area contributed by atoms with E-state index in [0.29, 0.717) is 11.8 Å². The second kappa shape index (κ2) is 2.26. The number of likely N-dealkylation sites (tertiary alicyclic amines) is 1. The normalized spacial score (nSPS) is 25.4. The van der Waals surface area contributed by atoms with Crippen LogP contribution in [0.3, 0.4) is 0 Å². The molecule has 0 N–H and O–H groups in total. The molecule has 1 amide bonds. The summed E-state index contributed by atoms with van der Waals surface area (Å²) >= 11 is 0. The van der Waals surface area contributed by atoms with E-state index in [9.17, 15) is 4.79 Å². The first-order valence-corrected chi connectivity index (χ1v) is 3.98. The van der Waals surface area contributed by atoms with Gasteiger partial charge in [-0.2, -0.15) is 0 Å². The first kappa shape index (κ1) is 6.20. The molecule has 1 heterocycles. The van der Waals surface area contributed by atoms with Crippen LogP contribution in [0.2, 0.25) is 0 Å². The third kappa shape index (κ3) is 1.02. The van der Waals surface area contributed by atoms with Gasteiger partial charge in [-0.05, 0) is 25.7 Å². The number of hydrogen-bond donors (Lipinski definition) is 0. The molecule has 0 aromatic heterocycles. The molecule has 0 bridgehead atoms. The van der Waals surface area contributed by atoms with E-state index in [4.69, 9.17) is 0 Å². The van der Waals surface area contributed by atoms with Crippen molar-refractivity contribution < 1.29 is 4.79 Å². The first-order valence-electron chi connectivity index (χ1n) is 3.98. The van der Waals surface area contributed by atoms with E-state index < -0.39 is 0 Å². The lowest BCUT2D eigenvalue weighted by Crippen LogP contribution is -2.28. The average Bonchev–Trinajstić information content (AvgIpc) is 2.65. The van der Waals surface area contributed by atoms with Gasteiger partial charge in [0.15, 0.2) is 0 Å². The summed E-state index contributed by atoms with van der Waals surface area (Å²) in [4.78, 5) is 13.3. The lowest BCUT2D eigenvalue weighted by atomic mass is 10.3. The van der Waals surface area contributed by atoms with Gasteiger partial charge in [0, 0.05) is 19.0 Å². The zero-order valence-electron chi connectivity index (χ0n) is 6.05. The Morgan fingerprint density at radius 2 is 2.30 bits per heavy atom. The third-order valence-electron chi connectivity index (χ3n) is 2.19. The zero-order valence-corrected chi connectivity index (χ0v) is 6.05. The Balaban J connectivity index is 1.90. The number of carbonyl (C=O) groups excluding carboxylic acids is 1. The lowest BCUT2D eigenvalue weighted by molar-refractivity contribution is -0.131. The SMILES string of the molecule is O=C(C1CC1)N1C[CH]CC1. The first-order chi connectivity index (χ1) is 4.88. The van der Waals surface area contributed by atoms with Crippen molar-refractivity contribution in [3.05, 3.63) is 6.42 Å². The van der Waals surface area contributed by atoms with Crippen molar-refractivity contribution >= 4 is 5.91 Å². The van der Waals surface area contributed by atoms with Gasteiger partial charge in [-0.25, -0.2) is 0 Å². The van der Waals surface area contributed by atoms with Crippen LogP contribution < -0.4 is 0 Å². The molecule has 2 fully saturated rings. The van der Waals surface area contributed by atoms with Gasteiger partial charge in [0.1, 0.15) is 0 Å². The molecule has 1 saturated heterocycles. The molecule has 55 valence electrons. The van der Waals surface area contributed by atoms with Crippen molar-refractivity contribution in [3.63, 3.8) is 0 Å². The van der Waals surface area contributed by atoms with E-state index in [1.54, 1.807) is 0 Å². The van der Waals surface area contributed by atoms with Crippen molar-refractivity contribution in [1.29, 1.82) is 0 Å². The second-order valence-corrected chi connectivity index (χ2v) is 3.14. The van der Waals surface area contributed by atoms with Crippen molar-refractivity contribution in [2.24, 2.45) is 5.92 Å². The van der Waals surface area contributed by atoms with Crippen LogP contribution in [0.15, 0.2) is 0 Å². The Hall–Kier alpha value is -0.530. The molecule has 1 radical (unpaired) electrons. The minimum atomic E-state index is 0.397. The minimum Gasteiger partial charge on any atom is -0.342 e. The van der Waals surface area contributed by atoms with Crippen LogP contribution in [-0.2, 0) is 4.79 Å². The molecule has 2 aliphatic rings. The zero-order chi connectivity index (χ0) is 6.97. The largest absolute Gasteiger partial charge is 0.342 e. The maximum absolute atomic E-state index is 11.3. The average molecular weight is 138 g/mol. The van der Waals surface area contributed by atoms with Crippen molar-refractivity contribution in [2.75, 3.05) is 13.1 Å². The molecule has 1 aliphatic heterocycles. The highest BCUT2D eigenvalue weighted by molar-refractivity contribution is 5.81. The lowest BCUT2D eigenvalue weighted by Gasteiger charge is -2.13. The molecule has 10 heavy (non-hydrogen) atoms. The topological polar surface area (TPSA) is 20.3 Å². The maximum Gasteiger partial charge on any atom is 0.225 e. The van der Waals surface area contributed by atoms with Gasteiger partial charge < -0.3 is 4.90 Å². The van der Waals surface area contributed by atoms with Gasteiger partial charge in [0.05, 0.1) is 0 Å². The summed E-state index contributed by atoms with van der Waals surface area (Å²) in [6, 6.07) is 0. The quantitative estimate of drug-likeness (QED) is 0.525. The maximum atomic E-state index is 11.3. The van der Waals surface area contributed by atoms with Gasteiger partial charge in [-0.1, -0.05) is 0 Å². The predicted molar refractivity (Wildman–Crippen MR) is 38.2 cm³/mol. The van der Waals surface area contributed by atoms with Crippen LogP contribution in [0.4, 0.5) is 0 Å². The summed E-state index contributed by atoms with van der Waals surface area (Å²) in [5, 5.41) is 0. The monoisotopic (exact) mass is 138 g/mol. The molecule has 0 atom stereocenters. The van der Waals surface area contributed by atoms with Crippen LogP contribution in [0, 0.1) is 12.3 Å². The fraction of sp³-hybridized carbons (Fsp3) is 0.750. The highest BCUT2D eigenvalue weighted by atomic mass is 16.2. The second-order valence-electron chi connectivity index (χ2n) is 3.14. The smallest absolute Gasteiger partial charge is 0.225 e. The highest BCUT2D eigenvalue weighted by Crippen LogP contribution is 2.31. The molecule has 0 spiro atoms. The number of amides is 1. The van der Waals surface area contributed by atoms with Crippen molar-refractivity contribution in [3.8, 4) is 0 Å². The summed E-state index contributed by atoms with van der Waals surface area (Å²) in [7, 11) is 0. The minimum absolute atomic E-state index is 0.397. The molecule has 2 rings (SSSR count). The predicted octanol–water partition coefficient (Wildman–Crippen LogP) is 0.833. The molecular weight excluding hydrogens is 126 g/mol. The third-order valence-corrected chi connectivity index (χ3v) is 2.19. The van der Waals surface area contributed by atoms with Crippen LogP contribution in [0.25, 0.3) is 0 Å². The van der Waals surface area contributed by atoms with Gasteiger partial charge >= 0.3 is 0 Å². The summed E-state index contributed by atoms with van der Waals surface area (Å²) in [5.41, 5.74) is 0. The number of hydrogen-bond acceptors (Lipinski definition) is 1. The van der Waals surface area contributed by atoms with Crippen LogP contribution >= 0.6 is 0 Å². The Morgan fingerprint density at radius 1 is 1.50 bits per heavy atom. The number of carbonyl (C=O) groups is 1. The molecule has 0 aromatic carbocycles. The van der Waals surface area contributed by atoms with Gasteiger partial charge in [0.2, 0.25) is 5.91 Å². The number of rotatable bonds is 1. The van der Waals surface area contributed by atoms with Crippen LogP contribution in [-0.4, -0.2) is 23.9 Å². The summed E-state index contributed by atoms with van der Waals surface area (Å²) in [5.74, 6) is 0.806. The number of nitrogens with zero attached hydrogens (tertiary/aromatic N) is 1. The molecule has 2 heteroatoms. The Labute approximate surface area is 61.2 Å². The van der Waals surface area contributed by atoms with E-state index in [1.165, 1.54) is 0 Å². The Kier molecular flexibility index (Phi) is 1.40. The molecule has 0 aromatic rings. The fourth-order valence-corrected chi connectivity index (χ4v) is 1.37. The molecular formula is C8H12NO. The molecule has 0 unspecified atom stereocenters. The Morgan fingerprint density at radius 3 is 2.80 bits per heavy atom. The summed E-state index contributed by atoms with van der Waals surface area (Å²) in [6.45, 7) is 1.87. The van der Waals surface area contributed by atoms with Gasteiger partial charge in [0.25, 0.3) is 0 Å². The van der Waals surface area contributed by atoms with E-state index in [1.807, 2.05) is 4.90 Å². The summed E-state index contributed by atoms with van der Waals surface area (Å²) in [6.07, 6.45) is 5.55. The van der Waals surface area contributed by atoms with Crippen molar-refractivity contribution in [1.82, 2.24) is 4.90 Å². The van der Waals surface area contributed by atoms with Crippen LogP contribution in [0.5, 0.6) is 0 Å². The van der Waals surface area contributed by atoms with Gasteiger partial charge in [-0.3, -0.25) is 4.79 Å². The van der Waals surface area contributed by atoms with E-state index in [2.05, 4.69) is 6.42 Å². The Bertz CT molecular complexity index is 145. The van der Waals surface area contributed by atoms with Crippen molar-refractivity contribution in [2.45, 2.75) is 19.3 Å². The van der Waals surface area contributed by atoms with Crippen LogP contribution in [0.1, 0.15) is 19.3 Å². The molecule has 1 aliphatic carbocycles. The van der Waals surface area contributed by atoms with E-state index in [0.717, 1.165) is 32.4 Å². The van der Waals surface area contributed by atoms with Gasteiger partial charge in [-0.15, -0.1) is 0 Å².